The molecule has 1 aromatic heterocycles. The number of hydrogen-bond donors (Lipinski definition) is 4. The van der Waals surface area contributed by atoms with Gasteiger partial charge in [-0.05, 0) is 5.57 Å². The molecule has 2 rings (SSSR count). The summed E-state index contributed by atoms with van der Waals surface area (Å²) in [5, 5.41) is 28.4. The molecule has 0 aliphatic heterocycles. The van der Waals surface area contributed by atoms with Crippen LogP contribution >= 0.6 is 12.4 Å². The van der Waals surface area contributed by atoms with Crippen LogP contribution in [-0.4, -0.2) is 49.6 Å². The van der Waals surface area contributed by atoms with Crippen LogP contribution in [0, 0.1) is 0 Å². The number of imidazole rings is 1. The zero-order valence-electron chi connectivity index (χ0n) is 9.30. The highest BCUT2D eigenvalue weighted by molar-refractivity contribution is 5.90. The summed E-state index contributed by atoms with van der Waals surface area (Å²) in [6.07, 6.45) is 2.09. The van der Waals surface area contributed by atoms with E-state index in [0.717, 1.165) is 0 Å². The Morgan fingerprint density at radius 1 is 1.50 bits per heavy atom. The van der Waals surface area contributed by atoms with Crippen molar-refractivity contribution >= 4 is 18.3 Å². The van der Waals surface area contributed by atoms with Crippen LogP contribution in [0.1, 0.15) is 16.5 Å². The third kappa shape index (κ3) is 2.39. The molecule has 0 saturated heterocycles. The van der Waals surface area contributed by atoms with Crippen molar-refractivity contribution < 1.29 is 20.1 Å². The van der Waals surface area contributed by atoms with E-state index in [1.807, 2.05) is 0 Å². The van der Waals surface area contributed by atoms with E-state index in [1.54, 1.807) is 6.08 Å². The lowest BCUT2D eigenvalue weighted by atomic mass is 10.1. The van der Waals surface area contributed by atoms with Crippen LogP contribution in [0.4, 0.5) is 0 Å². The number of nitrogens with zero attached hydrogens (tertiary/aromatic N) is 2. The minimum Gasteiger partial charge on any atom is -0.392 e. The summed E-state index contributed by atoms with van der Waals surface area (Å²) in [5.41, 5.74) is 5.48. The molecule has 0 fully saturated rings. The largest absolute Gasteiger partial charge is 0.392 e. The quantitative estimate of drug-likeness (QED) is 0.506. The van der Waals surface area contributed by atoms with Gasteiger partial charge in [0, 0.05) is 6.20 Å². The number of carbonyl (C=O) groups excluding carboxylic acids is 1. The van der Waals surface area contributed by atoms with Crippen LogP contribution in [0.5, 0.6) is 0 Å². The third-order valence-corrected chi connectivity index (χ3v) is 2.82. The second kappa shape index (κ2) is 5.49. The van der Waals surface area contributed by atoms with Crippen molar-refractivity contribution in [3.05, 3.63) is 29.9 Å². The molecule has 0 aromatic carbocycles. The first-order valence-corrected chi connectivity index (χ1v) is 5.05. The van der Waals surface area contributed by atoms with Gasteiger partial charge in [0.15, 0.2) is 0 Å². The Bertz CT molecular complexity index is 473. The highest BCUT2D eigenvalue weighted by atomic mass is 35.5. The van der Waals surface area contributed by atoms with E-state index in [4.69, 9.17) is 10.8 Å². The van der Waals surface area contributed by atoms with E-state index in [0.29, 0.717) is 5.57 Å². The third-order valence-electron chi connectivity index (χ3n) is 2.82. The number of hydrogen-bond acceptors (Lipinski definition) is 5. The average molecular weight is 276 g/mol. The number of carbonyl (C=O) groups is 1. The summed E-state index contributed by atoms with van der Waals surface area (Å²) >= 11 is 0. The van der Waals surface area contributed by atoms with Crippen LogP contribution in [0.15, 0.2) is 24.2 Å². The minimum atomic E-state index is -1.11. The molecule has 100 valence electrons. The van der Waals surface area contributed by atoms with Gasteiger partial charge in [0.1, 0.15) is 17.9 Å². The number of aliphatic hydroxyl groups excluding tert-OH is 3. The topological polar surface area (TPSA) is 122 Å². The van der Waals surface area contributed by atoms with Gasteiger partial charge in [0.05, 0.1) is 19.0 Å². The number of aliphatic hydroxyl groups is 3. The van der Waals surface area contributed by atoms with Crippen LogP contribution in [0.25, 0.3) is 0 Å². The number of aromatic nitrogens is 2. The fraction of sp³-hybridized carbons (Fsp3) is 0.400. The maximum atomic E-state index is 10.9. The zero-order chi connectivity index (χ0) is 12.6. The fourth-order valence-electron chi connectivity index (χ4n) is 1.86. The highest BCUT2D eigenvalue weighted by Crippen LogP contribution is 2.29. The van der Waals surface area contributed by atoms with Gasteiger partial charge >= 0.3 is 0 Å². The monoisotopic (exact) mass is 275 g/mol. The normalized spacial score (nSPS) is 26.6. The molecule has 18 heavy (non-hydrogen) atoms. The van der Waals surface area contributed by atoms with Crippen molar-refractivity contribution in [3.63, 3.8) is 0 Å². The van der Waals surface area contributed by atoms with Gasteiger partial charge in [-0.3, -0.25) is 4.79 Å². The molecule has 1 aliphatic rings. The molecule has 1 amide bonds. The molecular weight excluding hydrogens is 262 g/mol. The lowest BCUT2D eigenvalue weighted by Gasteiger charge is -2.18. The van der Waals surface area contributed by atoms with Crippen molar-refractivity contribution in [2.24, 2.45) is 5.73 Å². The zero-order valence-corrected chi connectivity index (χ0v) is 10.1. The Labute approximate surface area is 109 Å². The summed E-state index contributed by atoms with van der Waals surface area (Å²) < 4.78 is 1.47. The maximum Gasteiger partial charge on any atom is 0.268 e. The molecule has 0 unspecified atom stereocenters. The number of amides is 1. The Hall–Kier alpha value is -1.41. The van der Waals surface area contributed by atoms with Crippen molar-refractivity contribution in [1.29, 1.82) is 0 Å². The minimum absolute atomic E-state index is 0. The van der Waals surface area contributed by atoms with E-state index in [-0.39, 0.29) is 24.7 Å². The van der Waals surface area contributed by atoms with Crippen LogP contribution in [-0.2, 0) is 0 Å². The van der Waals surface area contributed by atoms with Gasteiger partial charge in [-0.2, -0.15) is 0 Å². The second-order valence-corrected chi connectivity index (χ2v) is 3.90. The van der Waals surface area contributed by atoms with Gasteiger partial charge in [0.2, 0.25) is 0 Å². The van der Waals surface area contributed by atoms with Crippen LogP contribution in [0.2, 0.25) is 0 Å². The first-order valence-electron chi connectivity index (χ1n) is 5.05. The summed E-state index contributed by atoms with van der Waals surface area (Å²) in [5.74, 6) is -0.664. The molecule has 1 heterocycles. The van der Waals surface area contributed by atoms with Crippen molar-refractivity contribution in [2.45, 2.75) is 18.2 Å². The molecule has 3 atom stereocenters. The number of halogens is 1. The first-order chi connectivity index (χ1) is 8.04. The molecule has 0 radical (unpaired) electrons. The fourth-order valence-corrected chi connectivity index (χ4v) is 1.86. The van der Waals surface area contributed by atoms with Crippen molar-refractivity contribution in [2.75, 3.05) is 6.61 Å². The van der Waals surface area contributed by atoms with Gasteiger partial charge in [-0.15, -0.1) is 12.4 Å². The summed E-state index contributed by atoms with van der Waals surface area (Å²) in [6.45, 7) is -0.327. The standard InChI is InChI=1S/C10H13N3O4.ClH/c11-10(17)6-2-13(4-12-6)7-1-5(3-14)8(15)9(7)16;/h1-2,4,7-9,14-16H,3H2,(H2,11,17);1H/t7-,8-,9+;/m1./s1. The van der Waals surface area contributed by atoms with Crippen LogP contribution in [0.3, 0.4) is 0 Å². The molecule has 7 nitrogen and oxygen atoms in total. The van der Waals surface area contributed by atoms with Gasteiger partial charge in [-0.1, -0.05) is 6.08 Å². The Morgan fingerprint density at radius 2 is 2.17 bits per heavy atom. The Kier molecular flexibility index (Phi) is 4.47. The van der Waals surface area contributed by atoms with E-state index >= 15 is 0 Å². The Balaban J connectivity index is 0.00000162. The molecule has 0 spiro atoms. The van der Waals surface area contributed by atoms with Crippen molar-refractivity contribution in [3.8, 4) is 0 Å². The smallest absolute Gasteiger partial charge is 0.268 e. The Morgan fingerprint density at radius 3 is 2.61 bits per heavy atom. The molecule has 5 N–H and O–H groups in total. The molecule has 1 aliphatic carbocycles. The van der Waals surface area contributed by atoms with Gasteiger partial charge < -0.3 is 25.6 Å². The van der Waals surface area contributed by atoms with E-state index in [1.165, 1.54) is 17.1 Å². The molecule has 1 aromatic rings. The first kappa shape index (κ1) is 14.7. The number of rotatable bonds is 3. The lowest BCUT2D eigenvalue weighted by molar-refractivity contribution is 0.0281. The van der Waals surface area contributed by atoms with Gasteiger partial charge in [0.25, 0.3) is 5.91 Å². The maximum absolute atomic E-state index is 10.9. The number of primary amides is 1. The SMILES string of the molecule is Cl.NC(=O)c1cn([C@@H]2C=C(CO)[C@@H](O)[C@H]2O)cn1. The van der Waals surface area contributed by atoms with Crippen molar-refractivity contribution in [1.82, 2.24) is 9.55 Å². The summed E-state index contributed by atoms with van der Waals surface area (Å²) in [7, 11) is 0. The predicted molar refractivity (Wildman–Crippen MR) is 64.2 cm³/mol. The summed E-state index contributed by atoms with van der Waals surface area (Å²) in [6, 6.07) is -0.562. The van der Waals surface area contributed by atoms with E-state index in [2.05, 4.69) is 4.98 Å². The lowest BCUT2D eigenvalue weighted by Crippen LogP contribution is -2.29. The molecule has 0 bridgehead atoms. The molecule has 8 heteroatoms. The average Bonchev–Trinajstić information content (AvgIpc) is 2.87. The predicted octanol–water partition coefficient (Wildman–Crippen LogP) is -1.40. The van der Waals surface area contributed by atoms with Crippen LogP contribution < -0.4 is 5.73 Å². The number of nitrogens with two attached hydrogens (primary N) is 1. The molecular formula is C10H14ClN3O4. The van der Waals surface area contributed by atoms with E-state index < -0.39 is 24.2 Å². The van der Waals surface area contributed by atoms with E-state index in [9.17, 15) is 15.0 Å². The highest BCUT2D eigenvalue weighted by Gasteiger charge is 2.35. The molecule has 0 saturated carbocycles. The van der Waals surface area contributed by atoms with Gasteiger partial charge in [-0.25, -0.2) is 4.98 Å². The second-order valence-electron chi connectivity index (χ2n) is 3.90. The summed E-state index contributed by atoms with van der Waals surface area (Å²) in [4.78, 5) is 14.6.